The molecular formula is C18H30N4O3Si. The molecule has 0 bridgehead atoms. The fourth-order valence-corrected chi connectivity index (χ4v) is 3.50. The average Bonchev–Trinajstić information content (AvgIpc) is 2.96. The Morgan fingerprint density at radius 1 is 1.31 bits per heavy atom. The van der Waals surface area contributed by atoms with Crippen LogP contribution in [-0.2, 0) is 15.7 Å². The minimum absolute atomic E-state index is 0.186. The van der Waals surface area contributed by atoms with Gasteiger partial charge >= 0.3 is 5.97 Å². The number of esters is 1. The van der Waals surface area contributed by atoms with E-state index in [2.05, 4.69) is 43.8 Å². The van der Waals surface area contributed by atoms with Gasteiger partial charge in [-0.1, -0.05) is 20.8 Å². The summed E-state index contributed by atoms with van der Waals surface area (Å²) in [6.07, 6.45) is 3.97. The van der Waals surface area contributed by atoms with Gasteiger partial charge in [0.2, 0.25) is 0 Å². The number of carbonyl (C=O) groups excluding carboxylic acids is 1. The highest BCUT2D eigenvalue weighted by molar-refractivity contribution is 6.74. The van der Waals surface area contributed by atoms with Gasteiger partial charge in [-0.25, -0.2) is 14.8 Å². The third kappa shape index (κ3) is 4.24. The molecule has 0 saturated carbocycles. The maximum atomic E-state index is 12.2. The van der Waals surface area contributed by atoms with E-state index in [1.165, 1.54) is 6.20 Å². The van der Waals surface area contributed by atoms with Crippen LogP contribution in [0.5, 0.6) is 0 Å². The van der Waals surface area contributed by atoms with Gasteiger partial charge in [0, 0.05) is 19.3 Å². The van der Waals surface area contributed by atoms with E-state index in [0.29, 0.717) is 42.2 Å². The highest BCUT2D eigenvalue weighted by Gasteiger charge is 2.36. The Bertz CT molecular complexity index is 781. The minimum atomic E-state index is -1.76. The lowest BCUT2D eigenvalue weighted by Crippen LogP contribution is -2.41. The molecule has 2 aromatic heterocycles. The number of nitrogens with two attached hydrogens (primary N) is 1. The Labute approximate surface area is 156 Å². The molecule has 0 aromatic carbocycles. The number of hydrogen-bond acceptors (Lipinski definition) is 6. The van der Waals surface area contributed by atoms with E-state index >= 15 is 0 Å². The zero-order valence-electron chi connectivity index (χ0n) is 16.6. The number of carbonyl (C=O) groups is 1. The van der Waals surface area contributed by atoms with Gasteiger partial charge in [-0.2, -0.15) is 0 Å². The molecule has 0 fully saturated rings. The lowest BCUT2D eigenvalue weighted by Gasteiger charge is -2.36. The summed E-state index contributed by atoms with van der Waals surface area (Å²) >= 11 is 0. The standard InChI is InChI=1S/C18H30N4O3Si/c1-7-24-17(23)13-11-20-16(19)14-15(13)22(12-21-14)9-8-10-25-26(5,6)18(2,3)4/h11-12H,7-10H2,1-6H3,(H2,19,20). The van der Waals surface area contributed by atoms with E-state index < -0.39 is 14.3 Å². The Balaban J connectivity index is 2.15. The Morgan fingerprint density at radius 3 is 2.62 bits per heavy atom. The largest absolute Gasteiger partial charge is 0.462 e. The van der Waals surface area contributed by atoms with Crippen molar-refractivity contribution >= 4 is 31.1 Å². The van der Waals surface area contributed by atoms with Crippen molar-refractivity contribution in [2.24, 2.45) is 0 Å². The molecule has 0 amide bonds. The summed E-state index contributed by atoms with van der Waals surface area (Å²) < 4.78 is 13.3. The molecule has 0 unspecified atom stereocenters. The smallest absolute Gasteiger partial charge is 0.341 e. The molecule has 0 saturated heterocycles. The Hall–Kier alpha value is -1.93. The molecule has 0 atom stereocenters. The van der Waals surface area contributed by atoms with Gasteiger partial charge in [-0.15, -0.1) is 0 Å². The fourth-order valence-electron chi connectivity index (χ4n) is 2.41. The van der Waals surface area contributed by atoms with E-state index in [1.807, 2.05) is 4.57 Å². The number of anilines is 1. The van der Waals surface area contributed by atoms with Gasteiger partial charge in [-0.05, 0) is 31.5 Å². The molecular weight excluding hydrogens is 348 g/mol. The van der Waals surface area contributed by atoms with Crippen LogP contribution in [0, 0.1) is 0 Å². The highest BCUT2D eigenvalue weighted by atomic mass is 28.4. The first-order chi connectivity index (χ1) is 12.1. The molecule has 0 aliphatic carbocycles. The number of rotatable bonds is 7. The zero-order valence-corrected chi connectivity index (χ0v) is 17.6. The van der Waals surface area contributed by atoms with Gasteiger partial charge < -0.3 is 19.5 Å². The minimum Gasteiger partial charge on any atom is -0.462 e. The van der Waals surface area contributed by atoms with Crippen LogP contribution in [0.3, 0.4) is 0 Å². The number of hydrogen-bond donors (Lipinski definition) is 1. The van der Waals surface area contributed by atoms with Crippen LogP contribution < -0.4 is 5.73 Å². The van der Waals surface area contributed by atoms with Crippen LogP contribution in [0.25, 0.3) is 11.0 Å². The number of nitrogens with zero attached hydrogens (tertiary/aromatic N) is 3. The number of nitrogen functional groups attached to an aromatic ring is 1. The van der Waals surface area contributed by atoms with Gasteiger partial charge in [-0.3, -0.25) is 0 Å². The normalized spacial score (nSPS) is 12.5. The van der Waals surface area contributed by atoms with E-state index in [0.717, 1.165) is 6.42 Å². The molecule has 0 aliphatic rings. The van der Waals surface area contributed by atoms with Crippen molar-refractivity contribution in [3.8, 4) is 0 Å². The maximum Gasteiger partial charge on any atom is 0.341 e. The first-order valence-electron chi connectivity index (χ1n) is 8.99. The van der Waals surface area contributed by atoms with Gasteiger partial charge in [0.25, 0.3) is 0 Å². The SMILES string of the molecule is CCOC(=O)c1cnc(N)c2ncn(CCCO[Si](C)(C)C(C)(C)C)c12. The molecule has 144 valence electrons. The second kappa shape index (κ2) is 7.75. The predicted octanol–water partition coefficient (Wildman–Crippen LogP) is 3.60. The molecule has 2 N–H and O–H groups in total. The second-order valence-corrected chi connectivity index (χ2v) is 12.7. The van der Waals surface area contributed by atoms with Crippen molar-refractivity contribution in [2.45, 2.75) is 58.8 Å². The van der Waals surface area contributed by atoms with Crippen LogP contribution in [0.2, 0.25) is 18.1 Å². The summed E-state index contributed by atoms with van der Waals surface area (Å²) in [6, 6.07) is 0. The van der Waals surface area contributed by atoms with Crippen molar-refractivity contribution in [1.29, 1.82) is 0 Å². The van der Waals surface area contributed by atoms with E-state index in [-0.39, 0.29) is 5.04 Å². The first kappa shape index (κ1) is 20.4. The van der Waals surface area contributed by atoms with Gasteiger partial charge in [0.1, 0.15) is 11.1 Å². The van der Waals surface area contributed by atoms with Crippen LogP contribution in [0.1, 0.15) is 44.5 Å². The van der Waals surface area contributed by atoms with E-state index in [9.17, 15) is 4.79 Å². The lowest BCUT2D eigenvalue weighted by molar-refractivity contribution is 0.0528. The number of aryl methyl sites for hydroxylation is 1. The molecule has 7 nitrogen and oxygen atoms in total. The lowest BCUT2D eigenvalue weighted by atomic mass is 10.2. The summed E-state index contributed by atoms with van der Waals surface area (Å²) in [5.74, 6) is -0.103. The Morgan fingerprint density at radius 2 is 2.00 bits per heavy atom. The summed E-state index contributed by atoms with van der Waals surface area (Å²) in [5, 5.41) is 0.186. The van der Waals surface area contributed by atoms with Crippen molar-refractivity contribution in [2.75, 3.05) is 18.9 Å². The third-order valence-corrected chi connectivity index (χ3v) is 9.51. The average molecular weight is 379 g/mol. The van der Waals surface area contributed by atoms with Crippen molar-refractivity contribution < 1.29 is 14.0 Å². The van der Waals surface area contributed by atoms with Crippen LogP contribution in [-0.4, -0.2) is 42.0 Å². The summed E-state index contributed by atoms with van der Waals surface area (Å²) in [6.45, 7) is 14.6. The monoisotopic (exact) mass is 378 g/mol. The molecule has 0 aliphatic heterocycles. The summed E-state index contributed by atoms with van der Waals surface area (Å²) in [7, 11) is -1.76. The van der Waals surface area contributed by atoms with Crippen molar-refractivity contribution in [3.63, 3.8) is 0 Å². The van der Waals surface area contributed by atoms with Crippen LogP contribution >= 0.6 is 0 Å². The van der Waals surface area contributed by atoms with E-state index in [4.69, 9.17) is 14.9 Å². The molecule has 8 heteroatoms. The molecule has 26 heavy (non-hydrogen) atoms. The number of ether oxygens (including phenoxy) is 1. The van der Waals surface area contributed by atoms with Gasteiger partial charge in [0.05, 0.1) is 18.5 Å². The highest BCUT2D eigenvalue weighted by Crippen LogP contribution is 2.36. The Kier molecular flexibility index (Phi) is 6.08. The second-order valence-electron chi connectivity index (χ2n) is 7.88. The van der Waals surface area contributed by atoms with Gasteiger partial charge in [0.15, 0.2) is 14.1 Å². The van der Waals surface area contributed by atoms with Crippen molar-refractivity contribution in [1.82, 2.24) is 14.5 Å². The number of pyridine rings is 1. The first-order valence-corrected chi connectivity index (χ1v) is 11.9. The molecule has 0 radical (unpaired) electrons. The van der Waals surface area contributed by atoms with E-state index in [1.54, 1.807) is 13.3 Å². The molecule has 0 spiro atoms. The number of fused-ring (bicyclic) bond motifs is 1. The molecule has 2 aromatic rings. The fraction of sp³-hybridized carbons (Fsp3) is 0.611. The van der Waals surface area contributed by atoms with Crippen LogP contribution in [0.4, 0.5) is 5.82 Å². The summed E-state index contributed by atoms with van der Waals surface area (Å²) in [4.78, 5) is 20.6. The third-order valence-electron chi connectivity index (χ3n) is 4.98. The van der Waals surface area contributed by atoms with Crippen molar-refractivity contribution in [3.05, 3.63) is 18.1 Å². The molecule has 2 rings (SSSR count). The summed E-state index contributed by atoms with van der Waals surface area (Å²) in [5.41, 5.74) is 7.50. The number of aromatic nitrogens is 3. The molecule has 2 heterocycles. The number of imidazole rings is 1. The topological polar surface area (TPSA) is 92.3 Å². The predicted molar refractivity (Wildman–Crippen MR) is 106 cm³/mol. The quantitative estimate of drug-likeness (QED) is 0.449. The zero-order chi connectivity index (χ0) is 19.5. The van der Waals surface area contributed by atoms with Crippen LogP contribution in [0.15, 0.2) is 12.5 Å². The maximum absolute atomic E-state index is 12.2.